The third-order valence-corrected chi connectivity index (χ3v) is 10.1. The smallest absolute Gasteiger partial charge is 0.441 e. The topological polar surface area (TPSA) is 73.9 Å². The molecule has 0 saturated heterocycles. The number of benzene rings is 1. The fourth-order valence-electron chi connectivity index (χ4n) is 3.04. The molecule has 0 aliphatic heterocycles. The lowest BCUT2D eigenvalue weighted by Crippen LogP contribution is -2.43. The van der Waals surface area contributed by atoms with Crippen molar-refractivity contribution in [1.29, 1.82) is 0 Å². The molecule has 174 valence electrons. The van der Waals surface area contributed by atoms with Crippen molar-refractivity contribution in [3.8, 4) is 0 Å². The molecule has 6 nitrogen and oxygen atoms in total. The minimum Gasteiger partial charge on any atom is -0.443 e. The summed E-state index contributed by atoms with van der Waals surface area (Å²) in [5.41, 5.74) is 5.14. The van der Waals surface area contributed by atoms with Crippen LogP contribution in [-0.4, -0.2) is 33.1 Å². The van der Waals surface area contributed by atoms with Crippen LogP contribution in [0.1, 0.15) is 67.6 Å². The zero-order chi connectivity index (χ0) is 23.8. The van der Waals surface area contributed by atoms with E-state index >= 15 is 0 Å². The van der Waals surface area contributed by atoms with Gasteiger partial charge in [0.05, 0.1) is 11.7 Å². The van der Waals surface area contributed by atoms with E-state index < -0.39 is 20.4 Å². The monoisotopic (exact) mass is 449 g/mol. The zero-order valence-electron chi connectivity index (χ0n) is 20.5. The summed E-state index contributed by atoms with van der Waals surface area (Å²) in [4.78, 5) is 29.1. The predicted octanol–water partition coefficient (Wildman–Crippen LogP) is 6.16. The molecule has 0 aliphatic carbocycles. The van der Waals surface area contributed by atoms with Gasteiger partial charge in [0.2, 0.25) is 0 Å². The summed E-state index contributed by atoms with van der Waals surface area (Å²) in [7, 11) is -1.89. The molecule has 7 heteroatoms. The molecule has 0 aliphatic rings. The van der Waals surface area contributed by atoms with E-state index in [0.29, 0.717) is 5.56 Å². The van der Waals surface area contributed by atoms with Gasteiger partial charge in [-0.05, 0) is 62.5 Å². The van der Waals surface area contributed by atoms with E-state index in [9.17, 15) is 9.59 Å². The van der Waals surface area contributed by atoms with E-state index in [1.807, 2.05) is 39.0 Å². The summed E-state index contributed by atoms with van der Waals surface area (Å²) in [5, 5.41) is 0.126. The van der Waals surface area contributed by atoms with Crippen LogP contribution in [0.25, 0.3) is 0 Å². The number of carbonyl (C=O) groups is 2. The third kappa shape index (κ3) is 8.49. The van der Waals surface area contributed by atoms with Crippen LogP contribution in [-0.2, 0) is 14.0 Å². The number of aryl methyl sites for hydroxylation is 3. The van der Waals surface area contributed by atoms with Crippen molar-refractivity contribution < 1.29 is 23.6 Å². The molecule has 0 saturated carbocycles. The van der Waals surface area contributed by atoms with Gasteiger partial charge in [0, 0.05) is 0 Å². The first kappa shape index (κ1) is 26.9. The second kappa shape index (κ2) is 11.5. The van der Waals surface area contributed by atoms with Crippen molar-refractivity contribution in [3.05, 3.63) is 46.5 Å². The normalized spacial score (nSPS) is 13.2. The predicted molar refractivity (Wildman–Crippen MR) is 127 cm³/mol. The number of ether oxygens (including phenoxy) is 1. The molecule has 1 aromatic carbocycles. The quantitative estimate of drug-likeness (QED) is 0.292. The highest BCUT2D eigenvalue weighted by Crippen LogP contribution is 2.37. The van der Waals surface area contributed by atoms with E-state index in [2.05, 4.69) is 46.3 Å². The molecule has 1 N–H and O–H groups in total. The van der Waals surface area contributed by atoms with E-state index in [1.165, 1.54) is 0 Å². The number of rotatable bonds is 8. The van der Waals surface area contributed by atoms with E-state index in [4.69, 9.17) is 14.0 Å². The Morgan fingerprint density at radius 2 is 1.71 bits per heavy atom. The molecule has 0 spiro atoms. The maximum Gasteiger partial charge on any atom is 0.441 e. The summed E-state index contributed by atoms with van der Waals surface area (Å²) >= 11 is 0. The van der Waals surface area contributed by atoms with Gasteiger partial charge in [-0.3, -0.25) is 0 Å². The fraction of sp³-hybridized carbons (Fsp3) is 0.583. The third-order valence-electron chi connectivity index (χ3n) is 5.59. The molecular formula is C24H39NO5Si. The Morgan fingerprint density at radius 3 is 2.23 bits per heavy atom. The van der Waals surface area contributed by atoms with Crippen molar-refractivity contribution >= 4 is 20.4 Å². The minimum atomic E-state index is -1.89. The second-order valence-corrected chi connectivity index (χ2v) is 14.3. The number of hydrogen-bond acceptors (Lipinski definition) is 5. The summed E-state index contributed by atoms with van der Waals surface area (Å²) in [6.45, 7) is 18.9. The van der Waals surface area contributed by atoms with Gasteiger partial charge in [-0.2, -0.15) is 0 Å². The fourth-order valence-corrected chi connectivity index (χ4v) is 4.34. The first-order valence-electron chi connectivity index (χ1n) is 10.8. The molecule has 0 bridgehead atoms. The number of nitrogens with one attached hydrogen (secondary N) is 1. The molecule has 1 aromatic rings. The lowest BCUT2D eigenvalue weighted by Gasteiger charge is -2.38. The maximum absolute atomic E-state index is 12.3. The standard InChI is InChI=1S/C24H39NO5Si/c1-10-12-20(30-31(8,9)24(5,6)7)13-11-14-28-23(27)25-29-22(26)21-18(3)15-17(2)16-19(21)4/h11,13,15-16,20H,10,12,14H2,1-9H3,(H,25,27)/b13-11-. The van der Waals surface area contributed by atoms with Crippen LogP contribution in [0.5, 0.6) is 0 Å². The summed E-state index contributed by atoms with van der Waals surface area (Å²) < 4.78 is 11.5. The number of hydroxylamine groups is 1. The number of hydrogen-bond donors (Lipinski definition) is 1. The summed E-state index contributed by atoms with van der Waals surface area (Å²) in [6, 6.07) is 3.79. The highest BCUT2D eigenvalue weighted by molar-refractivity contribution is 6.74. The average molecular weight is 450 g/mol. The van der Waals surface area contributed by atoms with E-state index in [1.54, 1.807) is 6.08 Å². The molecule has 0 radical (unpaired) electrons. The average Bonchev–Trinajstić information content (AvgIpc) is 2.61. The lowest BCUT2D eigenvalue weighted by molar-refractivity contribution is 0.0221. The Hall–Kier alpha value is -2.12. The van der Waals surface area contributed by atoms with Gasteiger partial charge in [-0.15, -0.1) is 5.48 Å². The van der Waals surface area contributed by atoms with Crippen LogP contribution < -0.4 is 5.48 Å². The van der Waals surface area contributed by atoms with Crippen molar-refractivity contribution in [2.24, 2.45) is 0 Å². The molecule has 1 amide bonds. The zero-order valence-corrected chi connectivity index (χ0v) is 21.5. The number of amides is 1. The van der Waals surface area contributed by atoms with Crippen LogP contribution in [0.4, 0.5) is 4.79 Å². The van der Waals surface area contributed by atoms with Gasteiger partial charge in [-0.25, -0.2) is 9.59 Å². The van der Waals surface area contributed by atoms with Crippen LogP contribution in [0.2, 0.25) is 18.1 Å². The van der Waals surface area contributed by atoms with Gasteiger partial charge >= 0.3 is 12.1 Å². The van der Waals surface area contributed by atoms with Gasteiger partial charge in [-0.1, -0.05) is 57.9 Å². The largest absolute Gasteiger partial charge is 0.443 e. The Labute approximate surface area is 188 Å². The molecule has 1 atom stereocenters. The van der Waals surface area contributed by atoms with Gasteiger partial charge in [0.15, 0.2) is 8.32 Å². The van der Waals surface area contributed by atoms with E-state index in [0.717, 1.165) is 29.5 Å². The van der Waals surface area contributed by atoms with Gasteiger partial charge in [0.25, 0.3) is 0 Å². The molecule has 0 aromatic heterocycles. The minimum absolute atomic E-state index is 0.0112. The Kier molecular flexibility index (Phi) is 9.97. The Balaban J connectivity index is 2.55. The van der Waals surface area contributed by atoms with E-state index in [-0.39, 0.29) is 17.7 Å². The van der Waals surface area contributed by atoms with Crippen molar-refractivity contribution in [1.82, 2.24) is 5.48 Å². The van der Waals surface area contributed by atoms with Gasteiger partial charge in [0.1, 0.15) is 6.61 Å². The Morgan fingerprint density at radius 1 is 1.13 bits per heavy atom. The van der Waals surface area contributed by atoms with Crippen LogP contribution >= 0.6 is 0 Å². The van der Waals surface area contributed by atoms with Crippen molar-refractivity contribution in [2.45, 2.75) is 85.5 Å². The first-order chi connectivity index (χ1) is 14.3. The molecule has 1 unspecified atom stereocenters. The van der Waals surface area contributed by atoms with Crippen LogP contribution in [0.3, 0.4) is 0 Å². The highest BCUT2D eigenvalue weighted by atomic mass is 28.4. The second-order valence-electron chi connectivity index (χ2n) is 9.50. The van der Waals surface area contributed by atoms with Crippen molar-refractivity contribution in [3.63, 3.8) is 0 Å². The van der Waals surface area contributed by atoms with Crippen LogP contribution in [0.15, 0.2) is 24.3 Å². The highest BCUT2D eigenvalue weighted by Gasteiger charge is 2.38. The summed E-state index contributed by atoms with van der Waals surface area (Å²) in [5.74, 6) is -0.617. The van der Waals surface area contributed by atoms with Crippen LogP contribution in [0, 0.1) is 20.8 Å². The first-order valence-corrected chi connectivity index (χ1v) is 13.8. The summed E-state index contributed by atoms with van der Waals surface area (Å²) in [6.07, 6.45) is 4.78. The molecular weight excluding hydrogens is 410 g/mol. The molecule has 31 heavy (non-hydrogen) atoms. The molecule has 1 rings (SSSR count). The SMILES string of the molecule is CCCC(/C=C\COC(=O)NOC(=O)c1c(C)cc(C)cc1C)O[Si](C)(C)C(C)(C)C. The molecule has 0 heterocycles. The Bertz CT molecular complexity index is 773. The molecule has 0 fully saturated rings. The number of carbonyl (C=O) groups excluding carboxylic acids is 2. The lowest BCUT2D eigenvalue weighted by atomic mass is 10.0. The maximum atomic E-state index is 12.3. The van der Waals surface area contributed by atoms with Crippen molar-refractivity contribution in [2.75, 3.05) is 6.61 Å². The van der Waals surface area contributed by atoms with Gasteiger partial charge < -0.3 is 14.0 Å².